The number of likely N-dealkylation sites (N-methyl/N-ethyl adjacent to an activating group) is 1. The fraction of sp³-hybridized carbons (Fsp3) is 0.917. The Morgan fingerprint density at radius 2 is 2.35 bits per heavy atom. The SMILES string of the molecule is CNCC1CCCN1C(C)C(=O)NCCOC. The third-order valence-electron chi connectivity index (χ3n) is 3.34. The second kappa shape index (κ2) is 7.63. The molecule has 0 saturated carbocycles. The number of nitrogens with one attached hydrogen (secondary N) is 2. The highest BCUT2D eigenvalue weighted by Crippen LogP contribution is 2.19. The molecule has 1 amide bonds. The Kier molecular flexibility index (Phi) is 6.47. The van der Waals surface area contributed by atoms with E-state index < -0.39 is 0 Å². The monoisotopic (exact) mass is 243 g/mol. The van der Waals surface area contributed by atoms with Crippen LogP contribution in [0.3, 0.4) is 0 Å². The summed E-state index contributed by atoms with van der Waals surface area (Å²) >= 11 is 0. The van der Waals surface area contributed by atoms with Gasteiger partial charge in [0.15, 0.2) is 0 Å². The third-order valence-corrected chi connectivity index (χ3v) is 3.34. The molecule has 1 aliphatic heterocycles. The summed E-state index contributed by atoms with van der Waals surface area (Å²) in [5.41, 5.74) is 0. The minimum absolute atomic E-state index is 0.0484. The fourth-order valence-electron chi connectivity index (χ4n) is 2.40. The number of carbonyl (C=O) groups excluding carboxylic acids is 1. The molecule has 1 heterocycles. The molecule has 100 valence electrons. The number of rotatable bonds is 7. The Morgan fingerprint density at radius 3 is 3.00 bits per heavy atom. The quantitative estimate of drug-likeness (QED) is 0.609. The van der Waals surface area contributed by atoms with Crippen LogP contribution in [0.25, 0.3) is 0 Å². The Morgan fingerprint density at radius 1 is 1.59 bits per heavy atom. The van der Waals surface area contributed by atoms with E-state index >= 15 is 0 Å². The van der Waals surface area contributed by atoms with Crippen molar-refractivity contribution in [3.8, 4) is 0 Å². The highest BCUT2D eigenvalue weighted by Gasteiger charge is 2.31. The summed E-state index contributed by atoms with van der Waals surface area (Å²) in [6, 6.07) is 0.441. The normalized spacial score (nSPS) is 22.6. The Balaban J connectivity index is 2.39. The van der Waals surface area contributed by atoms with Crippen molar-refractivity contribution >= 4 is 5.91 Å². The minimum atomic E-state index is -0.0484. The summed E-state index contributed by atoms with van der Waals surface area (Å²) in [6.45, 7) is 5.11. The maximum atomic E-state index is 11.9. The van der Waals surface area contributed by atoms with Gasteiger partial charge in [-0.05, 0) is 33.4 Å². The lowest BCUT2D eigenvalue weighted by Crippen LogP contribution is -2.49. The van der Waals surface area contributed by atoms with Crippen LogP contribution in [0.15, 0.2) is 0 Å². The zero-order valence-electron chi connectivity index (χ0n) is 11.2. The van der Waals surface area contributed by atoms with Crippen molar-refractivity contribution in [1.29, 1.82) is 0 Å². The van der Waals surface area contributed by atoms with E-state index in [0.29, 0.717) is 19.2 Å². The smallest absolute Gasteiger partial charge is 0.237 e. The lowest BCUT2D eigenvalue weighted by molar-refractivity contribution is -0.126. The van der Waals surface area contributed by atoms with E-state index in [0.717, 1.165) is 13.1 Å². The van der Waals surface area contributed by atoms with E-state index in [4.69, 9.17) is 4.74 Å². The molecule has 0 radical (unpaired) electrons. The fourth-order valence-corrected chi connectivity index (χ4v) is 2.40. The molecule has 5 nitrogen and oxygen atoms in total. The molecule has 0 bridgehead atoms. The van der Waals surface area contributed by atoms with Crippen LogP contribution in [0.5, 0.6) is 0 Å². The van der Waals surface area contributed by atoms with Gasteiger partial charge in [0.2, 0.25) is 5.91 Å². The molecule has 0 aromatic rings. The zero-order chi connectivity index (χ0) is 12.7. The average molecular weight is 243 g/mol. The number of ether oxygens (including phenoxy) is 1. The molecule has 0 aromatic heterocycles. The van der Waals surface area contributed by atoms with Gasteiger partial charge in [0.05, 0.1) is 12.6 Å². The average Bonchev–Trinajstić information content (AvgIpc) is 2.77. The predicted octanol–water partition coefficient (Wildman–Crippen LogP) is -0.179. The molecule has 2 N–H and O–H groups in total. The van der Waals surface area contributed by atoms with Crippen LogP contribution in [0.4, 0.5) is 0 Å². The van der Waals surface area contributed by atoms with Gasteiger partial charge in [-0.2, -0.15) is 0 Å². The summed E-state index contributed by atoms with van der Waals surface area (Å²) in [5.74, 6) is 0.102. The van der Waals surface area contributed by atoms with Crippen LogP contribution in [0.1, 0.15) is 19.8 Å². The first-order chi connectivity index (χ1) is 8.20. The summed E-state index contributed by atoms with van der Waals surface area (Å²) in [7, 11) is 3.60. The van der Waals surface area contributed by atoms with Crippen LogP contribution in [-0.2, 0) is 9.53 Å². The maximum Gasteiger partial charge on any atom is 0.237 e. The molecule has 0 spiro atoms. The van der Waals surface area contributed by atoms with Gasteiger partial charge in [-0.1, -0.05) is 0 Å². The predicted molar refractivity (Wildman–Crippen MR) is 68.0 cm³/mol. The topological polar surface area (TPSA) is 53.6 Å². The van der Waals surface area contributed by atoms with Gasteiger partial charge in [-0.3, -0.25) is 9.69 Å². The summed E-state index contributed by atoms with van der Waals surface area (Å²) in [6.07, 6.45) is 2.36. The summed E-state index contributed by atoms with van der Waals surface area (Å²) < 4.78 is 4.92. The van der Waals surface area contributed by atoms with Crippen LogP contribution in [-0.4, -0.2) is 63.3 Å². The van der Waals surface area contributed by atoms with Gasteiger partial charge in [0.25, 0.3) is 0 Å². The van der Waals surface area contributed by atoms with Crippen LogP contribution < -0.4 is 10.6 Å². The molecule has 1 rings (SSSR count). The number of methoxy groups -OCH3 is 1. The van der Waals surface area contributed by atoms with Gasteiger partial charge in [-0.15, -0.1) is 0 Å². The first-order valence-corrected chi connectivity index (χ1v) is 6.37. The highest BCUT2D eigenvalue weighted by molar-refractivity contribution is 5.81. The minimum Gasteiger partial charge on any atom is -0.383 e. The van der Waals surface area contributed by atoms with E-state index in [1.54, 1.807) is 7.11 Å². The van der Waals surface area contributed by atoms with E-state index in [1.807, 2.05) is 14.0 Å². The van der Waals surface area contributed by atoms with Gasteiger partial charge in [0, 0.05) is 26.2 Å². The van der Waals surface area contributed by atoms with Crippen LogP contribution in [0.2, 0.25) is 0 Å². The number of hydrogen-bond donors (Lipinski definition) is 2. The molecular weight excluding hydrogens is 218 g/mol. The molecule has 2 unspecified atom stereocenters. The molecule has 1 fully saturated rings. The van der Waals surface area contributed by atoms with Gasteiger partial charge >= 0.3 is 0 Å². The van der Waals surface area contributed by atoms with Crippen molar-refractivity contribution in [2.45, 2.75) is 31.8 Å². The van der Waals surface area contributed by atoms with Gasteiger partial charge < -0.3 is 15.4 Å². The lowest BCUT2D eigenvalue weighted by Gasteiger charge is -2.29. The Hall–Kier alpha value is -0.650. The number of nitrogens with zero attached hydrogens (tertiary/aromatic N) is 1. The number of carbonyl (C=O) groups is 1. The van der Waals surface area contributed by atoms with E-state index in [1.165, 1.54) is 12.8 Å². The summed E-state index contributed by atoms with van der Waals surface area (Å²) in [4.78, 5) is 14.2. The van der Waals surface area contributed by atoms with Crippen LogP contribution in [0, 0.1) is 0 Å². The summed E-state index contributed by atoms with van der Waals surface area (Å²) in [5, 5.41) is 6.09. The second-order valence-electron chi connectivity index (χ2n) is 4.55. The Bertz CT molecular complexity index is 236. The van der Waals surface area contributed by atoms with Gasteiger partial charge in [0.1, 0.15) is 0 Å². The molecule has 17 heavy (non-hydrogen) atoms. The third kappa shape index (κ3) is 4.26. The van der Waals surface area contributed by atoms with Gasteiger partial charge in [-0.25, -0.2) is 0 Å². The molecule has 5 heteroatoms. The van der Waals surface area contributed by atoms with Crippen molar-refractivity contribution in [3.63, 3.8) is 0 Å². The highest BCUT2D eigenvalue weighted by atomic mass is 16.5. The first-order valence-electron chi connectivity index (χ1n) is 6.37. The van der Waals surface area contributed by atoms with Crippen molar-refractivity contribution in [3.05, 3.63) is 0 Å². The number of likely N-dealkylation sites (tertiary alicyclic amines) is 1. The number of amides is 1. The molecule has 0 aliphatic carbocycles. The Labute approximate surface area is 104 Å². The standard InChI is InChI=1S/C12H25N3O2/c1-10(12(16)14-6-8-17-3)15-7-4-5-11(15)9-13-2/h10-11,13H,4-9H2,1-3H3,(H,14,16). The van der Waals surface area contributed by atoms with Crippen molar-refractivity contribution in [2.75, 3.05) is 40.4 Å². The maximum absolute atomic E-state index is 11.9. The first kappa shape index (κ1) is 14.4. The van der Waals surface area contributed by atoms with Crippen molar-refractivity contribution in [2.24, 2.45) is 0 Å². The molecule has 1 aliphatic rings. The van der Waals surface area contributed by atoms with E-state index in [2.05, 4.69) is 15.5 Å². The van der Waals surface area contributed by atoms with Crippen molar-refractivity contribution in [1.82, 2.24) is 15.5 Å². The molecule has 0 aromatic carbocycles. The molecule has 1 saturated heterocycles. The van der Waals surface area contributed by atoms with E-state index in [9.17, 15) is 4.79 Å². The van der Waals surface area contributed by atoms with Crippen LogP contribution >= 0.6 is 0 Å². The zero-order valence-corrected chi connectivity index (χ0v) is 11.2. The largest absolute Gasteiger partial charge is 0.383 e. The van der Waals surface area contributed by atoms with Crippen molar-refractivity contribution < 1.29 is 9.53 Å². The van der Waals surface area contributed by atoms with E-state index in [-0.39, 0.29) is 11.9 Å². The number of hydrogen-bond acceptors (Lipinski definition) is 4. The lowest BCUT2D eigenvalue weighted by atomic mass is 10.2. The second-order valence-corrected chi connectivity index (χ2v) is 4.55. The molecule has 2 atom stereocenters. The molecular formula is C12H25N3O2.